The number of thioether (sulfide) groups is 1. The van der Waals surface area contributed by atoms with Crippen molar-refractivity contribution in [2.45, 2.75) is 5.37 Å². The van der Waals surface area contributed by atoms with Crippen molar-refractivity contribution >= 4 is 23.5 Å². The molecule has 2 aliphatic rings. The van der Waals surface area contributed by atoms with Crippen molar-refractivity contribution in [3.05, 3.63) is 53.6 Å². The van der Waals surface area contributed by atoms with Crippen LogP contribution in [-0.2, 0) is 0 Å². The van der Waals surface area contributed by atoms with E-state index in [0.29, 0.717) is 31.0 Å². The van der Waals surface area contributed by atoms with E-state index in [-0.39, 0.29) is 11.4 Å². The molecule has 6 nitrogen and oxygen atoms in total. The molecule has 2 aliphatic heterocycles. The highest BCUT2D eigenvalue weighted by Crippen LogP contribution is 2.41. The minimum Gasteiger partial charge on any atom is -0.486 e. The van der Waals surface area contributed by atoms with E-state index in [1.165, 1.54) is 0 Å². The van der Waals surface area contributed by atoms with Crippen molar-refractivity contribution in [3.63, 3.8) is 0 Å². The Morgan fingerprint density at radius 2 is 2.04 bits per heavy atom. The number of rotatable bonds is 2. The van der Waals surface area contributed by atoms with Gasteiger partial charge in [0, 0.05) is 18.0 Å². The summed E-state index contributed by atoms with van der Waals surface area (Å²) in [5.74, 6) is 2.33. The van der Waals surface area contributed by atoms with E-state index in [0.717, 1.165) is 22.8 Å². The third-order valence-corrected chi connectivity index (χ3v) is 5.51. The van der Waals surface area contributed by atoms with E-state index in [2.05, 4.69) is 11.4 Å². The first-order chi connectivity index (χ1) is 12.7. The first-order valence-electron chi connectivity index (χ1n) is 8.33. The molecule has 1 unspecified atom stereocenters. The fourth-order valence-electron chi connectivity index (χ4n) is 3.03. The molecule has 0 bridgehead atoms. The summed E-state index contributed by atoms with van der Waals surface area (Å²) in [6, 6.07) is 14.6. The van der Waals surface area contributed by atoms with E-state index in [4.69, 9.17) is 14.7 Å². The Kier molecular flexibility index (Phi) is 4.59. The predicted molar refractivity (Wildman–Crippen MR) is 99.5 cm³/mol. The molecule has 0 saturated carbocycles. The van der Waals surface area contributed by atoms with E-state index < -0.39 is 0 Å². The monoisotopic (exact) mass is 367 g/mol. The first kappa shape index (κ1) is 16.6. The number of hydrogen-bond donors (Lipinski definition) is 1. The molecular formula is C19H17N3O3S. The average molecular weight is 367 g/mol. The number of carbonyl (C=O) groups is 1. The van der Waals surface area contributed by atoms with Crippen molar-refractivity contribution in [1.82, 2.24) is 4.90 Å². The summed E-state index contributed by atoms with van der Waals surface area (Å²) in [6.07, 6.45) is 0. The topological polar surface area (TPSA) is 74.6 Å². The number of fused-ring (bicyclic) bond motifs is 1. The van der Waals surface area contributed by atoms with Crippen molar-refractivity contribution < 1.29 is 14.3 Å². The molecule has 2 aromatic carbocycles. The molecule has 2 aromatic rings. The van der Waals surface area contributed by atoms with Gasteiger partial charge in [-0.1, -0.05) is 12.1 Å². The zero-order valence-electron chi connectivity index (χ0n) is 14.0. The second kappa shape index (κ2) is 7.18. The molecule has 0 aliphatic carbocycles. The molecule has 4 rings (SSSR count). The SMILES string of the molecule is N#Cc1cccc(NC(=O)N2CCSC2c2ccc3c(c2)OCCO3)c1. The van der Waals surface area contributed by atoms with Crippen LogP contribution in [0.3, 0.4) is 0 Å². The Labute approximate surface area is 155 Å². The van der Waals surface area contributed by atoms with E-state index >= 15 is 0 Å². The molecule has 2 heterocycles. The molecule has 1 atom stereocenters. The fourth-order valence-corrected chi connectivity index (χ4v) is 4.27. The molecular weight excluding hydrogens is 350 g/mol. The quantitative estimate of drug-likeness (QED) is 0.878. The highest BCUT2D eigenvalue weighted by Gasteiger charge is 2.31. The zero-order chi connectivity index (χ0) is 17.9. The molecule has 26 heavy (non-hydrogen) atoms. The Balaban J connectivity index is 1.52. The zero-order valence-corrected chi connectivity index (χ0v) is 14.8. The van der Waals surface area contributed by atoms with Crippen LogP contribution in [0, 0.1) is 11.3 Å². The van der Waals surface area contributed by atoms with Crippen molar-refractivity contribution in [1.29, 1.82) is 5.26 Å². The number of amides is 2. The maximum absolute atomic E-state index is 12.7. The number of carbonyl (C=O) groups excluding carboxylic acids is 1. The average Bonchev–Trinajstić information content (AvgIpc) is 3.18. The highest BCUT2D eigenvalue weighted by atomic mass is 32.2. The van der Waals surface area contributed by atoms with Gasteiger partial charge in [-0.25, -0.2) is 4.79 Å². The third-order valence-electron chi connectivity index (χ3n) is 4.25. The number of ether oxygens (including phenoxy) is 2. The molecule has 132 valence electrons. The Morgan fingerprint density at radius 1 is 1.19 bits per heavy atom. The van der Waals surface area contributed by atoms with Gasteiger partial charge in [-0.3, -0.25) is 0 Å². The number of nitriles is 1. The number of urea groups is 1. The highest BCUT2D eigenvalue weighted by molar-refractivity contribution is 7.99. The number of benzene rings is 2. The van der Waals surface area contributed by atoms with Gasteiger partial charge in [0.05, 0.1) is 11.6 Å². The van der Waals surface area contributed by atoms with E-state index in [1.54, 1.807) is 40.9 Å². The van der Waals surface area contributed by atoms with Gasteiger partial charge in [-0.05, 0) is 35.9 Å². The first-order valence-corrected chi connectivity index (χ1v) is 9.38. The molecule has 1 N–H and O–H groups in total. The van der Waals surface area contributed by atoms with Crippen LogP contribution in [0.5, 0.6) is 11.5 Å². The molecule has 1 fully saturated rings. The normalized spacial score (nSPS) is 18.3. The Morgan fingerprint density at radius 3 is 2.88 bits per heavy atom. The van der Waals surface area contributed by atoms with Crippen molar-refractivity contribution in [3.8, 4) is 17.6 Å². The second-order valence-electron chi connectivity index (χ2n) is 5.94. The van der Waals surface area contributed by atoms with Gasteiger partial charge in [-0.15, -0.1) is 11.8 Å². The largest absolute Gasteiger partial charge is 0.486 e. The Hall–Kier alpha value is -2.85. The smallest absolute Gasteiger partial charge is 0.323 e. The lowest BCUT2D eigenvalue weighted by atomic mass is 10.1. The third kappa shape index (κ3) is 3.28. The lowest BCUT2D eigenvalue weighted by Crippen LogP contribution is -2.34. The fraction of sp³-hybridized carbons (Fsp3) is 0.263. The van der Waals surface area contributed by atoms with Gasteiger partial charge in [0.25, 0.3) is 0 Å². The summed E-state index contributed by atoms with van der Waals surface area (Å²) < 4.78 is 11.2. The minimum absolute atomic E-state index is 0.0787. The van der Waals surface area contributed by atoms with Gasteiger partial charge < -0.3 is 19.7 Å². The van der Waals surface area contributed by atoms with Crippen LogP contribution in [0.4, 0.5) is 10.5 Å². The van der Waals surface area contributed by atoms with Crippen LogP contribution < -0.4 is 14.8 Å². The van der Waals surface area contributed by atoms with Crippen LogP contribution in [0.15, 0.2) is 42.5 Å². The lowest BCUT2D eigenvalue weighted by molar-refractivity contribution is 0.171. The van der Waals surface area contributed by atoms with Gasteiger partial charge in [0.1, 0.15) is 18.6 Å². The molecule has 7 heteroatoms. The molecule has 0 radical (unpaired) electrons. The van der Waals surface area contributed by atoms with E-state index in [1.807, 2.05) is 18.2 Å². The summed E-state index contributed by atoms with van der Waals surface area (Å²) in [6.45, 7) is 1.75. The molecule has 1 saturated heterocycles. The number of nitrogens with one attached hydrogen (secondary N) is 1. The number of hydrogen-bond acceptors (Lipinski definition) is 5. The lowest BCUT2D eigenvalue weighted by Gasteiger charge is -2.26. The molecule has 2 amide bonds. The number of anilines is 1. The Bertz CT molecular complexity index is 881. The van der Waals surface area contributed by atoms with Crippen molar-refractivity contribution in [2.75, 3.05) is 30.8 Å². The van der Waals surface area contributed by atoms with Gasteiger partial charge in [-0.2, -0.15) is 5.26 Å². The van der Waals surface area contributed by atoms with Crippen LogP contribution in [0.2, 0.25) is 0 Å². The predicted octanol–water partition coefficient (Wildman–Crippen LogP) is 3.61. The summed E-state index contributed by atoms with van der Waals surface area (Å²) in [4.78, 5) is 14.6. The van der Waals surface area contributed by atoms with E-state index in [9.17, 15) is 4.79 Å². The van der Waals surface area contributed by atoms with Crippen LogP contribution in [0.1, 0.15) is 16.5 Å². The van der Waals surface area contributed by atoms with Crippen LogP contribution in [-0.4, -0.2) is 36.4 Å². The standard InChI is InChI=1S/C19H17N3O3S/c20-12-13-2-1-3-15(10-13)21-19(23)22-6-9-26-18(22)14-4-5-16-17(11-14)25-8-7-24-16/h1-5,10-11,18H,6-9H2,(H,21,23). The molecule has 0 aromatic heterocycles. The van der Waals surface area contributed by atoms with Gasteiger partial charge in [0.15, 0.2) is 11.5 Å². The number of nitrogens with zero attached hydrogens (tertiary/aromatic N) is 2. The summed E-state index contributed by atoms with van der Waals surface area (Å²) in [5.41, 5.74) is 2.14. The van der Waals surface area contributed by atoms with Gasteiger partial charge in [0.2, 0.25) is 0 Å². The van der Waals surface area contributed by atoms with Crippen LogP contribution in [0.25, 0.3) is 0 Å². The second-order valence-corrected chi connectivity index (χ2v) is 7.13. The summed E-state index contributed by atoms with van der Waals surface area (Å²) in [5, 5.41) is 11.8. The van der Waals surface area contributed by atoms with Crippen molar-refractivity contribution in [2.24, 2.45) is 0 Å². The summed E-state index contributed by atoms with van der Waals surface area (Å²) >= 11 is 1.72. The maximum atomic E-state index is 12.7. The minimum atomic E-state index is -0.176. The maximum Gasteiger partial charge on any atom is 0.323 e. The van der Waals surface area contributed by atoms with Gasteiger partial charge >= 0.3 is 6.03 Å². The summed E-state index contributed by atoms with van der Waals surface area (Å²) in [7, 11) is 0. The molecule has 0 spiro atoms. The van der Waals surface area contributed by atoms with Crippen LogP contribution >= 0.6 is 11.8 Å².